The van der Waals surface area contributed by atoms with Crippen LogP contribution < -0.4 is 0 Å². The molecule has 2 aromatic heterocycles. The fraction of sp³-hybridized carbons (Fsp3) is 0.0556. The molecule has 0 N–H and O–H groups in total. The number of benzene rings is 2. The normalized spacial score (nSPS) is 11.0. The molecule has 0 aliphatic carbocycles. The van der Waals surface area contributed by atoms with Gasteiger partial charge in [0.2, 0.25) is 4.96 Å². The summed E-state index contributed by atoms with van der Waals surface area (Å²) in [5.74, 6) is -0.261. The number of nitrogens with zero attached hydrogens (tertiary/aromatic N) is 3. The van der Waals surface area contributed by atoms with E-state index in [9.17, 15) is 9.18 Å². The van der Waals surface area contributed by atoms with Gasteiger partial charge in [-0.25, -0.2) is 9.37 Å². The Balaban J connectivity index is 1.73. The molecule has 2 heterocycles. The lowest BCUT2D eigenvalue weighted by Gasteiger charge is -1.98. The van der Waals surface area contributed by atoms with Gasteiger partial charge in [0.15, 0.2) is 6.29 Å². The molecule has 0 aliphatic heterocycles. The quantitative estimate of drug-likeness (QED) is 0.529. The Morgan fingerprint density at radius 3 is 2.54 bits per heavy atom. The van der Waals surface area contributed by atoms with Crippen molar-refractivity contribution in [2.45, 2.75) is 6.42 Å². The highest BCUT2D eigenvalue weighted by molar-refractivity contribution is 7.16. The van der Waals surface area contributed by atoms with Crippen LogP contribution in [0, 0.1) is 5.82 Å². The zero-order valence-electron chi connectivity index (χ0n) is 12.5. The highest BCUT2D eigenvalue weighted by Gasteiger charge is 2.17. The minimum absolute atomic E-state index is 0.261. The molecule has 0 unspecified atom stereocenters. The minimum Gasteiger partial charge on any atom is -0.296 e. The number of halogens is 1. The molecule has 0 fully saturated rings. The number of carbonyl (C=O) groups excluding carboxylic acids is 1. The second kappa shape index (κ2) is 5.98. The van der Waals surface area contributed by atoms with Gasteiger partial charge in [-0.15, -0.1) is 0 Å². The van der Waals surface area contributed by atoms with E-state index >= 15 is 0 Å². The van der Waals surface area contributed by atoms with Crippen LogP contribution >= 0.6 is 11.3 Å². The van der Waals surface area contributed by atoms with Gasteiger partial charge in [0.1, 0.15) is 22.2 Å². The molecule has 6 heteroatoms. The summed E-state index contributed by atoms with van der Waals surface area (Å²) in [6, 6.07) is 15.9. The van der Waals surface area contributed by atoms with Crippen molar-refractivity contribution >= 4 is 22.6 Å². The summed E-state index contributed by atoms with van der Waals surface area (Å²) in [6.45, 7) is 0. The first-order valence-corrected chi connectivity index (χ1v) is 8.20. The number of hydrogen-bond donors (Lipinski definition) is 0. The van der Waals surface area contributed by atoms with E-state index in [2.05, 4.69) is 10.1 Å². The van der Waals surface area contributed by atoms with Crippen molar-refractivity contribution in [2.75, 3.05) is 0 Å². The van der Waals surface area contributed by atoms with E-state index in [1.54, 1.807) is 16.6 Å². The fourth-order valence-corrected chi connectivity index (χ4v) is 3.50. The maximum Gasteiger partial charge on any atom is 0.213 e. The van der Waals surface area contributed by atoms with E-state index in [4.69, 9.17) is 0 Å². The van der Waals surface area contributed by atoms with Gasteiger partial charge in [-0.2, -0.15) is 9.61 Å². The summed E-state index contributed by atoms with van der Waals surface area (Å²) >= 11 is 1.43. The standard InChI is InChI=1S/C18H12FN3OS/c19-14-8-6-12(7-9-14)10-16-21-22-15(11-23)17(20-18(22)24-16)13-4-2-1-3-5-13/h1-9,11H,10H2. The Morgan fingerprint density at radius 1 is 1.08 bits per heavy atom. The van der Waals surface area contributed by atoms with Crippen LogP contribution in [-0.4, -0.2) is 20.9 Å². The Labute approximate surface area is 141 Å². The van der Waals surface area contributed by atoms with Crippen LogP contribution in [0.4, 0.5) is 4.39 Å². The molecular weight excluding hydrogens is 325 g/mol. The van der Waals surface area contributed by atoms with E-state index in [1.165, 1.54) is 23.5 Å². The summed E-state index contributed by atoms with van der Waals surface area (Å²) in [5, 5.41) is 5.32. The summed E-state index contributed by atoms with van der Waals surface area (Å²) in [6.07, 6.45) is 1.36. The molecule has 0 saturated heterocycles. The van der Waals surface area contributed by atoms with Crippen molar-refractivity contribution in [3.05, 3.63) is 76.7 Å². The molecule has 0 atom stereocenters. The Hall–Kier alpha value is -2.86. The maximum absolute atomic E-state index is 13.0. The predicted octanol–water partition coefficient (Wildman–Crippen LogP) is 4.00. The van der Waals surface area contributed by atoms with Crippen molar-refractivity contribution in [1.82, 2.24) is 14.6 Å². The molecule has 0 radical (unpaired) electrons. The number of carbonyl (C=O) groups is 1. The third-order valence-electron chi connectivity index (χ3n) is 3.71. The number of fused-ring (bicyclic) bond motifs is 1. The van der Waals surface area contributed by atoms with Crippen LogP contribution in [0.3, 0.4) is 0 Å². The Kier molecular flexibility index (Phi) is 3.66. The zero-order valence-corrected chi connectivity index (χ0v) is 13.3. The molecular formula is C18H12FN3OS. The first-order chi connectivity index (χ1) is 11.7. The highest BCUT2D eigenvalue weighted by Crippen LogP contribution is 2.26. The second-order valence-electron chi connectivity index (χ2n) is 5.32. The minimum atomic E-state index is -0.261. The molecule has 0 bridgehead atoms. The van der Waals surface area contributed by atoms with Gasteiger partial charge in [-0.3, -0.25) is 4.79 Å². The first kappa shape index (κ1) is 14.7. The van der Waals surface area contributed by atoms with Gasteiger partial charge in [0.05, 0.1) is 0 Å². The third kappa shape index (κ3) is 2.61. The van der Waals surface area contributed by atoms with E-state index < -0.39 is 0 Å². The summed E-state index contributed by atoms with van der Waals surface area (Å²) in [4.78, 5) is 16.8. The molecule has 4 aromatic rings. The Bertz CT molecular complexity index is 1010. The number of rotatable bonds is 4. The first-order valence-electron chi connectivity index (χ1n) is 7.38. The molecule has 0 saturated carbocycles. The smallest absolute Gasteiger partial charge is 0.213 e. The summed E-state index contributed by atoms with van der Waals surface area (Å²) < 4.78 is 14.6. The van der Waals surface area contributed by atoms with Crippen molar-refractivity contribution in [2.24, 2.45) is 0 Å². The maximum atomic E-state index is 13.0. The molecule has 2 aromatic carbocycles. The van der Waals surface area contributed by atoms with Crippen LogP contribution in [0.15, 0.2) is 54.6 Å². The van der Waals surface area contributed by atoms with Crippen molar-refractivity contribution in [1.29, 1.82) is 0 Å². The van der Waals surface area contributed by atoms with Crippen molar-refractivity contribution < 1.29 is 9.18 Å². The highest BCUT2D eigenvalue weighted by atomic mass is 32.1. The van der Waals surface area contributed by atoms with Crippen LogP contribution in [0.2, 0.25) is 0 Å². The molecule has 0 aliphatic rings. The van der Waals surface area contributed by atoms with Gasteiger partial charge in [0, 0.05) is 12.0 Å². The third-order valence-corrected chi connectivity index (χ3v) is 4.62. The van der Waals surface area contributed by atoms with Crippen molar-refractivity contribution in [3.8, 4) is 11.3 Å². The second-order valence-corrected chi connectivity index (χ2v) is 6.36. The molecule has 0 amide bonds. The number of aldehydes is 1. The van der Waals surface area contributed by atoms with E-state index in [0.717, 1.165) is 22.4 Å². The molecule has 4 nitrogen and oxygen atoms in total. The summed E-state index contributed by atoms with van der Waals surface area (Å²) in [7, 11) is 0. The molecule has 4 rings (SSSR count). The van der Waals surface area contributed by atoms with Gasteiger partial charge in [0.25, 0.3) is 0 Å². The Morgan fingerprint density at radius 2 is 1.83 bits per heavy atom. The number of imidazole rings is 1. The lowest BCUT2D eigenvalue weighted by Crippen LogP contribution is -1.96. The van der Waals surface area contributed by atoms with Gasteiger partial charge in [-0.1, -0.05) is 53.8 Å². The van der Waals surface area contributed by atoms with Gasteiger partial charge in [-0.05, 0) is 17.7 Å². The van der Waals surface area contributed by atoms with E-state index in [1.807, 2.05) is 30.3 Å². The SMILES string of the molecule is O=Cc1c(-c2ccccc2)nc2sc(Cc3ccc(F)cc3)nn12. The molecule has 24 heavy (non-hydrogen) atoms. The summed E-state index contributed by atoms with van der Waals surface area (Å²) in [5.41, 5.74) is 2.93. The topological polar surface area (TPSA) is 47.3 Å². The van der Waals surface area contributed by atoms with E-state index in [0.29, 0.717) is 22.8 Å². The van der Waals surface area contributed by atoms with Crippen LogP contribution in [0.1, 0.15) is 21.1 Å². The monoisotopic (exact) mass is 337 g/mol. The molecule has 118 valence electrons. The van der Waals surface area contributed by atoms with Crippen LogP contribution in [0.25, 0.3) is 16.2 Å². The van der Waals surface area contributed by atoms with Crippen LogP contribution in [0.5, 0.6) is 0 Å². The van der Waals surface area contributed by atoms with Gasteiger partial charge < -0.3 is 0 Å². The van der Waals surface area contributed by atoms with E-state index in [-0.39, 0.29) is 5.82 Å². The fourth-order valence-electron chi connectivity index (χ4n) is 2.57. The average Bonchev–Trinajstić information content (AvgIpc) is 3.14. The lowest BCUT2D eigenvalue weighted by atomic mass is 10.1. The van der Waals surface area contributed by atoms with Crippen LogP contribution in [-0.2, 0) is 6.42 Å². The predicted molar refractivity (Wildman–Crippen MR) is 90.9 cm³/mol. The number of aromatic nitrogens is 3. The van der Waals surface area contributed by atoms with Gasteiger partial charge >= 0.3 is 0 Å². The van der Waals surface area contributed by atoms with Crippen molar-refractivity contribution in [3.63, 3.8) is 0 Å². The zero-order chi connectivity index (χ0) is 16.5. The molecule has 0 spiro atoms. The number of hydrogen-bond acceptors (Lipinski definition) is 4. The average molecular weight is 337 g/mol. The lowest BCUT2D eigenvalue weighted by molar-refractivity contribution is 0.111. The largest absolute Gasteiger partial charge is 0.296 e.